The predicted molar refractivity (Wildman–Crippen MR) is 64.7 cm³/mol. The second-order valence-corrected chi connectivity index (χ2v) is 4.85. The van der Waals surface area contributed by atoms with Crippen LogP contribution >= 0.6 is 11.6 Å². The summed E-state index contributed by atoms with van der Waals surface area (Å²) in [6.45, 7) is 3.54. The minimum absolute atomic E-state index is 0.0174. The van der Waals surface area contributed by atoms with Crippen molar-refractivity contribution in [3.63, 3.8) is 0 Å². The largest absolute Gasteiger partial charge is 0.396 e. The van der Waals surface area contributed by atoms with Gasteiger partial charge in [-0.3, -0.25) is 4.79 Å². The van der Waals surface area contributed by atoms with E-state index in [1.807, 2.05) is 0 Å². The van der Waals surface area contributed by atoms with Crippen molar-refractivity contribution in [2.75, 3.05) is 6.61 Å². The number of aliphatic hydroxyl groups is 1. The molecule has 0 radical (unpaired) electrons. The van der Waals surface area contributed by atoms with E-state index < -0.39 is 11.4 Å². The molecule has 1 rings (SSSR count). The lowest BCUT2D eigenvalue weighted by atomic mass is 10.0. The van der Waals surface area contributed by atoms with Crippen molar-refractivity contribution in [2.45, 2.75) is 25.8 Å². The van der Waals surface area contributed by atoms with Crippen LogP contribution in [0.2, 0.25) is 5.02 Å². The van der Waals surface area contributed by atoms with Gasteiger partial charge in [0.15, 0.2) is 0 Å². The van der Waals surface area contributed by atoms with Crippen molar-refractivity contribution < 1.29 is 14.3 Å². The molecule has 5 heteroatoms. The second-order valence-electron chi connectivity index (χ2n) is 4.44. The van der Waals surface area contributed by atoms with E-state index in [4.69, 9.17) is 16.7 Å². The Bertz CT molecular complexity index is 421. The van der Waals surface area contributed by atoms with Crippen molar-refractivity contribution in [3.8, 4) is 0 Å². The minimum Gasteiger partial charge on any atom is -0.396 e. The maximum Gasteiger partial charge on any atom is 0.251 e. The van der Waals surface area contributed by atoms with E-state index >= 15 is 0 Å². The van der Waals surface area contributed by atoms with E-state index in [-0.39, 0.29) is 23.1 Å². The number of hydrogen-bond donors (Lipinski definition) is 2. The molecule has 1 aromatic rings. The summed E-state index contributed by atoms with van der Waals surface area (Å²) < 4.78 is 13.2. The van der Waals surface area contributed by atoms with Crippen LogP contribution in [-0.2, 0) is 0 Å². The zero-order chi connectivity index (χ0) is 13.1. The zero-order valence-electron chi connectivity index (χ0n) is 9.76. The number of aliphatic hydroxyl groups excluding tert-OH is 1. The maximum absolute atomic E-state index is 13.2. The summed E-state index contributed by atoms with van der Waals surface area (Å²) in [7, 11) is 0. The number of hydrogen-bond acceptors (Lipinski definition) is 2. The van der Waals surface area contributed by atoms with Crippen LogP contribution in [0.3, 0.4) is 0 Å². The monoisotopic (exact) mass is 259 g/mol. The molecule has 0 aliphatic rings. The topological polar surface area (TPSA) is 49.3 Å². The molecule has 2 N–H and O–H groups in total. The van der Waals surface area contributed by atoms with Gasteiger partial charge in [-0.2, -0.15) is 0 Å². The van der Waals surface area contributed by atoms with Gasteiger partial charge in [-0.05, 0) is 38.5 Å². The molecule has 1 amide bonds. The zero-order valence-corrected chi connectivity index (χ0v) is 10.5. The molecule has 0 saturated heterocycles. The molecule has 17 heavy (non-hydrogen) atoms. The summed E-state index contributed by atoms with van der Waals surface area (Å²) in [6, 6.07) is 3.88. The van der Waals surface area contributed by atoms with Crippen molar-refractivity contribution in [3.05, 3.63) is 34.6 Å². The van der Waals surface area contributed by atoms with Gasteiger partial charge in [-0.25, -0.2) is 4.39 Å². The van der Waals surface area contributed by atoms with Crippen LogP contribution in [0.1, 0.15) is 30.6 Å². The Labute approximate surface area is 105 Å². The normalized spacial score (nSPS) is 11.4. The molecule has 0 bridgehead atoms. The summed E-state index contributed by atoms with van der Waals surface area (Å²) >= 11 is 5.53. The highest BCUT2D eigenvalue weighted by atomic mass is 35.5. The quantitative estimate of drug-likeness (QED) is 0.872. The summed E-state index contributed by atoms with van der Waals surface area (Å²) in [5.74, 6) is -1.02. The highest BCUT2D eigenvalue weighted by Crippen LogP contribution is 2.16. The van der Waals surface area contributed by atoms with Gasteiger partial charge < -0.3 is 10.4 Å². The highest BCUT2D eigenvalue weighted by molar-refractivity contribution is 6.30. The lowest BCUT2D eigenvalue weighted by Gasteiger charge is -2.25. The van der Waals surface area contributed by atoms with Crippen molar-refractivity contribution in [1.29, 1.82) is 0 Å². The van der Waals surface area contributed by atoms with Gasteiger partial charge in [0, 0.05) is 17.7 Å². The van der Waals surface area contributed by atoms with Gasteiger partial charge in [-0.15, -0.1) is 0 Å². The smallest absolute Gasteiger partial charge is 0.251 e. The summed E-state index contributed by atoms with van der Waals surface area (Å²) in [5.41, 5.74) is -0.333. The first-order chi connectivity index (χ1) is 7.85. The first kappa shape index (κ1) is 13.9. The molecule has 1 aromatic carbocycles. The Balaban J connectivity index is 2.80. The Hall–Kier alpha value is -1.13. The van der Waals surface area contributed by atoms with Gasteiger partial charge in [0.1, 0.15) is 5.82 Å². The molecule has 0 spiro atoms. The van der Waals surface area contributed by atoms with Crippen molar-refractivity contribution in [1.82, 2.24) is 5.32 Å². The van der Waals surface area contributed by atoms with Gasteiger partial charge in [0.2, 0.25) is 0 Å². The van der Waals surface area contributed by atoms with Gasteiger partial charge in [0.05, 0.1) is 5.02 Å². The van der Waals surface area contributed by atoms with E-state index in [1.165, 1.54) is 12.1 Å². The summed E-state index contributed by atoms with van der Waals surface area (Å²) in [4.78, 5) is 11.8. The Kier molecular flexibility index (Phi) is 4.48. The average molecular weight is 260 g/mol. The fraction of sp³-hybridized carbons (Fsp3) is 0.417. The standard InChI is InChI=1S/C12H15ClFNO2/c1-12(2,5-6-16)15-11(17)8-3-4-9(13)10(14)7-8/h3-4,7,16H,5-6H2,1-2H3,(H,15,17). The van der Waals surface area contributed by atoms with Crippen LogP contribution in [0.4, 0.5) is 4.39 Å². The molecule has 0 aliphatic carbocycles. The molecule has 0 unspecified atom stereocenters. The molecular weight excluding hydrogens is 245 g/mol. The first-order valence-corrected chi connectivity index (χ1v) is 5.62. The van der Waals surface area contributed by atoms with Crippen LogP contribution in [0.25, 0.3) is 0 Å². The Morgan fingerprint density at radius 1 is 1.53 bits per heavy atom. The molecular formula is C12H15ClFNO2. The molecule has 0 aromatic heterocycles. The van der Waals surface area contributed by atoms with Gasteiger partial charge in [-0.1, -0.05) is 11.6 Å². The van der Waals surface area contributed by atoms with E-state index in [9.17, 15) is 9.18 Å². The van der Waals surface area contributed by atoms with Crippen molar-refractivity contribution in [2.24, 2.45) is 0 Å². The number of amides is 1. The van der Waals surface area contributed by atoms with Crippen LogP contribution in [-0.4, -0.2) is 23.2 Å². The Morgan fingerprint density at radius 2 is 2.18 bits per heavy atom. The van der Waals surface area contributed by atoms with Crippen LogP contribution in [0.15, 0.2) is 18.2 Å². The minimum atomic E-state index is -0.626. The fourth-order valence-electron chi connectivity index (χ4n) is 1.36. The summed E-state index contributed by atoms with van der Waals surface area (Å²) in [5, 5.41) is 11.5. The van der Waals surface area contributed by atoms with E-state index in [2.05, 4.69) is 5.32 Å². The SMILES string of the molecule is CC(C)(CCO)NC(=O)c1ccc(Cl)c(F)c1. The van der Waals surface area contributed by atoms with Crippen LogP contribution in [0.5, 0.6) is 0 Å². The third-order valence-corrected chi connectivity index (χ3v) is 2.68. The molecule has 0 atom stereocenters. The van der Waals surface area contributed by atoms with Gasteiger partial charge in [0.25, 0.3) is 5.91 Å². The average Bonchev–Trinajstić information content (AvgIpc) is 2.21. The number of rotatable bonds is 4. The third-order valence-electron chi connectivity index (χ3n) is 2.37. The first-order valence-electron chi connectivity index (χ1n) is 5.24. The fourth-order valence-corrected chi connectivity index (χ4v) is 1.48. The lowest BCUT2D eigenvalue weighted by molar-refractivity contribution is 0.0899. The van der Waals surface area contributed by atoms with Crippen LogP contribution in [0, 0.1) is 5.82 Å². The van der Waals surface area contributed by atoms with Crippen molar-refractivity contribution >= 4 is 17.5 Å². The van der Waals surface area contributed by atoms with Gasteiger partial charge >= 0.3 is 0 Å². The summed E-state index contributed by atoms with van der Waals surface area (Å²) in [6.07, 6.45) is 0.425. The predicted octanol–water partition coefficient (Wildman–Crippen LogP) is 2.37. The molecule has 0 aliphatic heterocycles. The number of benzene rings is 1. The number of carbonyl (C=O) groups excluding carboxylic acids is 1. The maximum atomic E-state index is 13.2. The van der Waals surface area contributed by atoms with E-state index in [1.54, 1.807) is 13.8 Å². The molecule has 0 fully saturated rings. The van der Waals surface area contributed by atoms with E-state index in [0.29, 0.717) is 6.42 Å². The number of carbonyl (C=O) groups is 1. The van der Waals surface area contributed by atoms with Crippen LogP contribution < -0.4 is 5.32 Å². The molecule has 0 saturated carbocycles. The highest BCUT2D eigenvalue weighted by Gasteiger charge is 2.20. The molecule has 3 nitrogen and oxygen atoms in total. The Morgan fingerprint density at radius 3 is 2.71 bits per heavy atom. The lowest BCUT2D eigenvalue weighted by Crippen LogP contribution is -2.44. The second kappa shape index (κ2) is 5.47. The number of nitrogens with one attached hydrogen (secondary N) is 1. The third kappa shape index (κ3) is 3.98. The molecule has 94 valence electrons. The molecule has 0 heterocycles. The van der Waals surface area contributed by atoms with E-state index in [0.717, 1.165) is 6.07 Å². The number of halogens is 2.